The normalized spacial score (nSPS) is 9.89. The zero-order valence-corrected chi connectivity index (χ0v) is 9.39. The van der Waals surface area contributed by atoms with Crippen LogP contribution in [-0.4, -0.2) is 19.9 Å². The number of aromatic nitrogens is 2. The van der Waals surface area contributed by atoms with Crippen LogP contribution in [0.5, 0.6) is 0 Å². The zero-order valence-electron chi connectivity index (χ0n) is 9.39. The Morgan fingerprint density at radius 3 is 2.37 bits per heavy atom. The van der Waals surface area contributed by atoms with Gasteiger partial charge in [0, 0.05) is 23.9 Å². The Hall–Kier alpha value is -3.10. The van der Waals surface area contributed by atoms with Gasteiger partial charge >= 0.3 is 0 Å². The van der Waals surface area contributed by atoms with E-state index in [1.165, 1.54) is 36.8 Å². The van der Waals surface area contributed by atoms with Gasteiger partial charge in [-0.2, -0.15) is 0 Å². The fourth-order valence-electron chi connectivity index (χ4n) is 1.48. The van der Waals surface area contributed by atoms with Gasteiger partial charge in [-0.15, -0.1) is 0 Å². The molecule has 0 amide bonds. The van der Waals surface area contributed by atoms with Gasteiger partial charge in [0.25, 0.3) is 5.69 Å². The number of nitro benzene ring substituents is 1. The SMILES string of the molecule is O=[N+]([O-])Nc1ncncc1-c1ccc([N+](=O)[O-])cc1. The molecule has 1 aromatic heterocycles. The molecule has 0 aliphatic rings. The van der Waals surface area contributed by atoms with Crippen molar-refractivity contribution in [2.45, 2.75) is 0 Å². The summed E-state index contributed by atoms with van der Waals surface area (Å²) in [7, 11) is 0. The molecule has 0 aliphatic heterocycles. The minimum atomic E-state index is -0.739. The lowest BCUT2D eigenvalue weighted by Crippen LogP contribution is -2.10. The van der Waals surface area contributed by atoms with Crippen molar-refractivity contribution in [3.8, 4) is 11.1 Å². The predicted molar refractivity (Wildman–Crippen MR) is 64.7 cm³/mol. The Labute approximate surface area is 106 Å². The summed E-state index contributed by atoms with van der Waals surface area (Å²) in [5.41, 5.74) is 2.80. The van der Waals surface area contributed by atoms with Crippen LogP contribution in [0.25, 0.3) is 11.1 Å². The summed E-state index contributed by atoms with van der Waals surface area (Å²) in [6.45, 7) is 0. The number of nitro groups is 2. The third-order valence-corrected chi connectivity index (χ3v) is 2.30. The number of anilines is 1. The van der Waals surface area contributed by atoms with Crippen molar-refractivity contribution < 1.29 is 9.96 Å². The van der Waals surface area contributed by atoms with Gasteiger partial charge in [0.2, 0.25) is 5.82 Å². The van der Waals surface area contributed by atoms with Crippen LogP contribution in [0, 0.1) is 20.2 Å². The molecule has 0 spiro atoms. The molecule has 1 aromatic carbocycles. The first-order chi connectivity index (χ1) is 9.08. The van der Waals surface area contributed by atoms with E-state index in [9.17, 15) is 20.2 Å². The third kappa shape index (κ3) is 2.77. The maximum Gasteiger partial charge on any atom is 0.269 e. The zero-order chi connectivity index (χ0) is 13.8. The van der Waals surface area contributed by atoms with Gasteiger partial charge in [-0.25, -0.2) is 20.1 Å². The Bertz CT molecular complexity index is 628. The second-order valence-corrected chi connectivity index (χ2v) is 3.46. The Kier molecular flexibility index (Phi) is 3.28. The highest BCUT2D eigenvalue weighted by Gasteiger charge is 2.12. The second kappa shape index (κ2) is 5.04. The molecule has 0 atom stereocenters. The largest absolute Gasteiger partial charge is 0.269 e. The number of benzene rings is 1. The molecule has 0 radical (unpaired) electrons. The van der Waals surface area contributed by atoms with Crippen molar-refractivity contribution in [1.29, 1.82) is 0 Å². The van der Waals surface area contributed by atoms with Crippen molar-refractivity contribution in [2.24, 2.45) is 0 Å². The van der Waals surface area contributed by atoms with E-state index in [-0.39, 0.29) is 11.5 Å². The lowest BCUT2D eigenvalue weighted by molar-refractivity contribution is -0.445. The standard InChI is InChI=1S/C10H7N5O4/c16-14(17)8-3-1-7(2-4-8)9-5-11-6-12-10(9)13-15(18)19/h1-6H,(H,11,12,13). The van der Waals surface area contributed by atoms with E-state index in [2.05, 4.69) is 9.97 Å². The third-order valence-electron chi connectivity index (χ3n) is 2.30. The molecule has 2 rings (SSSR count). The van der Waals surface area contributed by atoms with Gasteiger partial charge in [0.15, 0.2) is 5.03 Å². The first-order valence-corrected chi connectivity index (χ1v) is 5.04. The Morgan fingerprint density at radius 1 is 1.11 bits per heavy atom. The van der Waals surface area contributed by atoms with Crippen molar-refractivity contribution in [3.05, 3.63) is 57.0 Å². The Morgan fingerprint density at radius 2 is 1.79 bits per heavy atom. The molecule has 0 bridgehead atoms. The Balaban J connectivity index is 2.41. The average molecular weight is 261 g/mol. The van der Waals surface area contributed by atoms with Crippen LogP contribution < -0.4 is 5.43 Å². The molecule has 1 N–H and O–H groups in total. The highest BCUT2D eigenvalue weighted by atomic mass is 16.7. The minimum absolute atomic E-state index is 0.0221. The van der Waals surface area contributed by atoms with Gasteiger partial charge in [0.1, 0.15) is 6.33 Å². The molecule has 2 aromatic rings. The highest BCUT2D eigenvalue weighted by molar-refractivity contribution is 5.74. The molecule has 9 heteroatoms. The maximum absolute atomic E-state index is 10.5. The predicted octanol–water partition coefficient (Wildman–Crippen LogP) is 1.66. The first-order valence-electron chi connectivity index (χ1n) is 5.04. The van der Waals surface area contributed by atoms with Crippen LogP contribution in [0.4, 0.5) is 11.5 Å². The highest BCUT2D eigenvalue weighted by Crippen LogP contribution is 2.26. The van der Waals surface area contributed by atoms with Crippen LogP contribution in [0.1, 0.15) is 0 Å². The van der Waals surface area contributed by atoms with Gasteiger partial charge in [0.05, 0.1) is 4.92 Å². The van der Waals surface area contributed by atoms with Crippen LogP contribution in [0.3, 0.4) is 0 Å². The van der Waals surface area contributed by atoms with E-state index in [0.29, 0.717) is 11.1 Å². The van der Waals surface area contributed by atoms with E-state index in [1.807, 2.05) is 5.43 Å². The molecule has 0 fully saturated rings. The first kappa shape index (κ1) is 12.4. The summed E-state index contributed by atoms with van der Waals surface area (Å²) in [6, 6.07) is 5.56. The number of hydrazine groups is 1. The van der Waals surface area contributed by atoms with Crippen LogP contribution in [0.2, 0.25) is 0 Å². The lowest BCUT2D eigenvalue weighted by atomic mass is 10.1. The molecule has 96 valence electrons. The van der Waals surface area contributed by atoms with Gasteiger partial charge < -0.3 is 0 Å². The molecular formula is C10H7N5O4. The van der Waals surface area contributed by atoms with Crippen molar-refractivity contribution >= 4 is 11.5 Å². The van der Waals surface area contributed by atoms with Crippen molar-refractivity contribution in [1.82, 2.24) is 9.97 Å². The number of non-ortho nitro benzene ring substituents is 1. The van der Waals surface area contributed by atoms with Crippen LogP contribution in [0.15, 0.2) is 36.8 Å². The molecule has 9 nitrogen and oxygen atoms in total. The van der Waals surface area contributed by atoms with E-state index >= 15 is 0 Å². The number of rotatable bonds is 4. The van der Waals surface area contributed by atoms with Crippen LogP contribution >= 0.6 is 0 Å². The molecule has 0 aliphatic carbocycles. The van der Waals surface area contributed by atoms with Crippen molar-refractivity contribution in [3.63, 3.8) is 0 Å². The summed E-state index contributed by atoms with van der Waals surface area (Å²) >= 11 is 0. The molecule has 0 saturated carbocycles. The maximum atomic E-state index is 10.5. The number of hydrogen-bond donors (Lipinski definition) is 1. The number of hydrogen-bond acceptors (Lipinski definition) is 6. The minimum Gasteiger partial charge on any atom is -0.258 e. The molecule has 19 heavy (non-hydrogen) atoms. The van der Waals surface area contributed by atoms with Crippen molar-refractivity contribution in [2.75, 3.05) is 5.43 Å². The number of nitrogens with one attached hydrogen (secondary N) is 1. The summed E-state index contributed by atoms with van der Waals surface area (Å²) < 4.78 is 0. The molecule has 1 heterocycles. The van der Waals surface area contributed by atoms with Gasteiger partial charge in [-0.3, -0.25) is 10.1 Å². The molecule has 0 saturated heterocycles. The quantitative estimate of drug-likeness (QED) is 0.655. The molecular weight excluding hydrogens is 254 g/mol. The van der Waals surface area contributed by atoms with E-state index in [0.717, 1.165) is 0 Å². The fourth-order valence-corrected chi connectivity index (χ4v) is 1.48. The fraction of sp³-hybridized carbons (Fsp3) is 0. The number of nitrogens with zero attached hydrogens (tertiary/aromatic N) is 4. The second-order valence-electron chi connectivity index (χ2n) is 3.46. The summed E-state index contributed by atoms with van der Waals surface area (Å²) in [5.74, 6) is 0.0221. The smallest absolute Gasteiger partial charge is 0.258 e. The van der Waals surface area contributed by atoms with Gasteiger partial charge in [-0.1, -0.05) is 5.43 Å². The summed E-state index contributed by atoms with van der Waals surface area (Å²) in [5, 5.41) is 20.2. The summed E-state index contributed by atoms with van der Waals surface area (Å²) in [6.07, 6.45) is 2.56. The lowest BCUT2D eigenvalue weighted by Gasteiger charge is -2.04. The summed E-state index contributed by atoms with van der Waals surface area (Å²) in [4.78, 5) is 28.0. The molecule has 0 unspecified atom stereocenters. The average Bonchev–Trinajstić information content (AvgIpc) is 2.39. The van der Waals surface area contributed by atoms with E-state index in [4.69, 9.17) is 0 Å². The van der Waals surface area contributed by atoms with E-state index < -0.39 is 9.96 Å². The monoisotopic (exact) mass is 261 g/mol. The van der Waals surface area contributed by atoms with E-state index in [1.54, 1.807) is 0 Å². The van der Waals surface area contributed by atoms with Crippen LogP contribution in [-0.2, 0) is 0 Å². The van der Waals surface area contributed by atoms with Gasteiger partial charge in [-0.05, 0) is 17.7 Å². The topological polar surface area (TPSA) is 124 Å².